The monoisotopic (exact) mass is 512 g/mol. The number of benzene rings is 2. The molecule has 0 aliphatic carbocycles. The van der Waals surface area contributed by atoms with Crippen molar-refractivity contribution in [3.8, 4) is 11.5 Å². The van der Waals surface area contributed by atoms with Crippen LogP contribution in [0.3, 0.4) is 0 Å². The summed E-state index contributed by atoms with van der Waals surface area (Å²) in [6, 6.07) is 10.9. The molecular weight excluding hydrogens is 488 g/mol. The molecule has 2 heterocycles. The van der Waals surface area contributed by atoms with Gasteiger partial charge < -0.3 is 8.92 Å². The number of fused-ring (bicyclic) bond motifs is 1. The van der Waals surface area contributed by atoms with Gasteiger partial charge in [0.05, 0.1) is 12.2 Å². The van der Waals surface area contributed by atoms with Gasteiger partial charge in [0.2, 0.25) is 5.17 Å². The van der Waals surface area contributed by atoms with Crippen molar-refractivity contribution in [2.75, 3.05) is 6.61 Å². The number of aliphatic imine (C=N–C) groups is 1. The SMILES string of the molecule is CCCC1=NN2C(=N)C(=Cc3ccc(OS(=O)(=O)c4ccc(C)cc4)c(OCC)c3)C(=O)N=C2S1. The lowest BCUT2D eigenvalue weighted by atomic mass is 10.1. The van der Waals surface area contributed by atoms with Gasteiger partial charge in [-0.25, -0.2) is 0 Å². The lowest BCUT2D eigenvalue weighted by Crippen LogP contribution is -2.35. The maximum atomic E-state index is 12.7. The fourth-order valence-corrected chi connectivity index (χ4v) is 5.26. The van der Waals surface area contributed by atoms with Crippen LogP contribution < -0.4 is 8.92 Å². The van der Waals surface area contributed by atoms with E-state index in [0.29, 0.717) is 10.7 Å². The molecule has 9 nitrogen and oxygen atoms in total. The molecule has 2 aliphatic heterocycles. The number of hydrogen-bond donors (Lipinski definition) is 1. The summed E-state index contributed by atoms with van der Waals surface area (Å²) in [5.74, 6) is -0.401. The van der Waals surface area contributed by atoms with Gasteiger partial charge in [0, 0.05) is 0 Å². The first-order valence-corrected chi connectivity index (χ1v) is 13.2. The highest BCUT2D eigenvalue weighted by Crippen LogP contribution is 2.34. The van der Waals surface area contributed by atoms with Crippen molar-refractivity contribution >= 4 is 49.9 Å². The number of nitrogens with one attached hydrogen (secondary N) is 1. The number of carbonyl (C=O) groups is 1. The third-order valence-electron chi connectivity index (χ3n) is 5.05. The summed E-state index contributed by atoms with van der Waals surface area (Å²) in [5.41, 5.74) is 1.51. The van der Waals surface area contributed by atoms with Crippen LogP contribution >= 0.6 is 11.8 Å². The summed E-state index contributed by atoms with van der Waals surface area (Å²) in [6.45, 7) is 5.92. The maximum Gasteiger partial charge on any atom is 0.339 e. The van der Waals surface area contributed by atoms with Gasteiger partial charge in [-0.1, -0.05) is 30.7 Å². The molecule has 2 aromatic rings. The van der Waals surface area contributed by atoms with Crippen molar-refractivity contribution in [1.29, 1.82) is 5.41 Å². The number of thioether (sulfide) groups is 1. The zero-order valence-electron chi connectivity index (χ0n) is 19.4. The summed E-state index contributed by atoms with van der Waals surface area (Å²) < 4.78 is 36.4. The number of rotatable bonds is 8. The second kappa shape index (κ2) is 10.0. The van der Waals surface area contributed by atoms with Crippen LogP contribution in [0.4, 0.5) is 0 Å². The molecule has 0 atom stereocenters. The van der Waals surface area contributed by atoms with E-state index in [9.17, 15) is 13.2 Å². The lowest BCUT2D eigenvalue weighted by Gasteiger charge is -2.20. The van der Waals surface area contributed by atoms with Gasteiger partial charge in [-0.3, -0.25) is 10.2 Å². The number of hydrogen-bond acceptors (Lipinski definition) is 8. The van der Waals surface area contributed by atoms with Gasteiger partial charge in [-0.15, -0.1) is 0 Å². The Labute approximate surface area is 208 Å². The van der Waals surface area contributed by atoms with E-state index in [4.69, 9.17) is 14.3 Å². The third kappa shape index (κ3) is 5.30. The van der Waals surface area contributed by atoms with Crippen LogP contribution in [0.15, 0.2) is 63.0 Å². The number of amides is 1. The second-order valence-corrected chi connectivity index (χ2v) is 10.3. The minimum absolute atomic E-state index is 0.0182. The Balaban J connectivity index is 1.63. The predicted molar refractivity (Wildman–Crippen MR) is 137 cm³/mol. The fraction of sp³-hybridized carbons (Fsp3) is 0.250. The van der Waals surface area contributed by atoms with Crippen LogP contribution in [0.25, 0.3) is 6.08 Å². The molecule has 0 fully saturated rings. The van der Waals surface area contributed by atoms with Gasteiger partial charge in [0.1, 0.15) is 9.94 Å². The molecule has 0 aromatic heterocycles. The van der Waals surface area contributed by atoms with Gasteiger partial charge in [0.25, 0.3) is 5.91 Å². The predicted octanol–water partition coefficient (Wildman–Crippen LogP) is 4.58. The summed E-state index contributed by atoms with van der Waals surface area (Å²) in [4.78, 5) is 16.7. The number of nitrogens with zero attached hydrogens (tertiary/aromatic N) is 3. The number of hydrazone groups is 1. The molecule has 35 heavy (non-hydrogen) atoms. The van der Waals surface area contributed by atoms with Crippen LogP contribution in [0.5, 0.6) is 11.5 Å². The number of carbonyl (C=O) groups excluding carboxylic acids is 1. The molecule has 2 aliphatic rings. The normalized spacial score (nSPS) is 16.8. The van der Waals surface area contributed by atoms with Gasteiger partial charge in [-0.2, -0.15) is 23.5 Å². The highest BCUT2D eigenvalue weighted by atomic mass is 32.2. The number of amidine groups is 2. The molecule has 0 bridgehead atoms. The van der Waals surface area contributed by atoms with E-state index in [1.54, 1.807) is 31.2 Å². The van der Waals surface area contributed by atoms with Crippen LogP contribution in [-0.4, -0.2) is 42.0 Å². The molecule has 0 unspecified atom stereocenters. The molecular formula is C24H24N4O5S2. The van der Waals surface area contributed by atoms with Crippen molar-refractivity contribution in [2.24, 2.45) is 10.1 Å². The van der Waals surface area contributed by atoms with E-state index < -0.39 is 16.0 Å². The van der Waals surface area contributed by atoms with E-state index in [1.165, 1.54) is 41.0 Å². The second-order valence-electron chi connectivity index (χ2n) is 7.75. The van der Waals surface area contributed by atoms with E-state index in [2.05, 4.69) is 10.1 Å². The fourth-order valence-electron chi connectivity index (χ4n) is 3.34. The molecule has 11 heteroatoms. The summed E-state index contributed by atoms with van der Waals surface area (Å²) in [7, 11) is -4.07. The highest BCUT2D eigenvalue weighted by Gasteiger charge is 2.35. The zero-order valence-corrected chi connectivity index (χ0v) is 21.1. The third-order valence-corrected chi connectivity index (χ3v) is 7.26. The van der Waals surface area contributed by atoms with Crippen LogP contribution in [0.2, 0.25) is 0 Å². The van der Waals surface area contributed by atoms with E-state index in [-0.39, 0.29) is 34.4 Å². The minimum atomic E-state index is -4.07. The Morgan fingerprint density at radius 2 is 1.86 bits per heavy atom. The van der Waals surface area contributed by atoms with E-state index >= 15 is 0 Å². The summed E-state index contributed by atoms with van der Waals surface area (Å²) in [6.07, 6.45) is 3.14. The van der Waals surface area contributed by atoms with Crippen LogP contribution in [0, 0.1) is 12.3 Å². The molecule has 4 rings (SSSR count). The molecule has 182 valence electrons. The molecule has 1 amide bonds. The Kier molecular flexibility index (Phi) is 7.08. The van der Waals surface area contributed by atoms with Crippen molar-refractivity contribution in [3.63, 3.8) is 0 Å². The topological polar surface area (TPSA) is 121 Å². The average Bonchev–Trinajstić information content (AvgIpc) is 3.21. The molecule has 2 aromatic carbocycles. The molecule has 0 saturated heterocycles. The first kappa shape index (κ1) is 24.7. The van der Waals surface area contributed by atoms with Crippen LogP contribution in [-0.2, 0) is 14.9 Å². The standard InChI is InChI=1S/C24H24N4O5S2/c1-4-6-21-27-28-22(25)18(23(29)26-24(28)34-21)13-16-9-12-19(20(14-16)32-5-2)33-35(30,31)17-10-7-15(3)8-11-17/h7-14,25H,4-6H2,1-3H3. The Morgan fingerprint density at radius 1 is 1.11 bits per heavy atom. The van der Waals surface area contributed by atoms with E-state index in [1.807, 2.05) is 13.8 Å². The first-order chi connectivity index (χ1) is 16.7. The minimum Gasteiger partial charge on any atom is -0.490 e. The van der Waals surface area contributed by atoms with Crippen molar-refractivity contribution in [1.82, 2.24) is 5.01 Å². The summed E-state index contributed by atoms with van der Waals surface area (Å²) >= 11 is 1.29. The van der Waals surface area contributed by atoms with Crippen molar-refractivity contribution in [2.45, 2.75) is 38.5 Å². The van der Waals surface area contributed by atoms with Gasteiger partial charge in [-0.05, 0) is 74.4 Å². The Morgan fingerprint density at radius 3 is 2.54 bits per heavy atom. The van der Waals surface area contributed by atoms with Crippen molar-refractivity contribution in [3.05, 3.63) is 59.2 Å². The quantitative estimate of drug-likeness (QED) is 0.406. The maximum absolute atomic E-state index is 12.7. The molecule has 0 saturated carbocycles. The smallest absolute Gasteiger partial charge is 0.339 e. The zero-order chi connectivity index (χ0) is 25.2. The first-order valence-electron chi connectivity index (χ1n) is 11.0. The lowest BCUT2D eigenvalue weighted by molar-refractivity contribution is -0.114. The van der Waals surface area contributed by atoms with Gasteiger partial charge >= 0.3 is 10.1 Å². The van der Waals surface area contributed by atoms with E-state index in [0.717, 1.165) is 23.4 Å². The van der Waals surface area contributed by atoms with Crippen molar-refractivity contribution < 1.29 is 22.1 Å². The number of aryl methyl sites for hydroxylation is 1. The van der Waals surface area contributed by atoms with Crippen LogP contribution in [0.1, 0.15) is 37.8 Å². The largest absolute Gasteiger partial charge is 0.490 e. The van der Waals surface area contributed by atoms with Gasteiger partial charge in [0.15, 0.2) is 17.3 Å². The Hall–Kier alpha value is -3.44. The number of ether oxygens (including phenoxy) is 1. The molecule has 0 radical (unpaired) electrons. The molecule has 0 spiro atoms. The molecule has 1 N–H and O–H groups in total. The average molecular weight is 513 g/mol. The Bertz CT molecular complexity index is 1380. The summed E-state index contributed by atoms with van der Waals surface area (Å²) in [5, 5.41) is 15.4. The highest BCUT2D eigenvalue weighted by molar-refractivity contribution is 8.26.